The summed E-state index contributed by atoms with van der Waals surface area (Å²) in [6, 6.07) is 4.71. The summed E-state index contributed by atoms with van der Waals surface area (Å²) in [7, 11) is 0. The highest BCUT2D eigenvalue weighted by molar-refractivity contribution is 7.99. The van der Waals surface area contributed by atoms with Crippen molar-refractivity contribution < 1.29 is 9.90 Å². The smallest absolute Gasteiger partial charge is 0.320 e. The van der Waals surface area contributed by atoms with Crippen molar-refractivity contribution in [3.8, 4) is 0 Å². The van der Waals surface area contributed by atoms with Gasteiger partial charge in [-0.1, -0.05) is 23.2 Å². The highest BCUT2D eigenvalue weighted by Crippen LogP contribution is 2.36. The zero-order chi connectivity index (χ0) is 12.4. The van der Waals surface area contributed by atoms with E-state index in [4.69, 9.17) is 28.3 Å². The molecule has 0 spiro atoms. The maximum absolute atomic E-state index is 11.0. The van der Waals surface area contributed by atoms with Crippen molar-refractivity contribution in [1.29, 1.82) is 0 Å². The molecule has 2 rings (SSSR count). The molecule has 3 nitrogen and oxygen atoms in total. The predicted molar refractivity (Wildman–Crippen MR) is 70.8 cm³/mol. The Morgan fingerprint density at radius 1 is 1.47 bits per heavy atom. The van der Waals surface area contributed by atoms with Gasteiger partial charge in [-0.15, -0.1) is 11.8 Å². The van der Waals surface area contributed by atoms with Crippen molar-refractivity contribution in [1.82, 2.24) is 5.32 Å². The van der Waals surface area contributed by atoms with Crippen LogP contribution in [0.25, 0.3) is 0 Å². The second kappa shape index (κ2) is 5.48. The molecule has 2 atom stereocenters. The second-order valence-electron chi connectivity index (χ2n) is 3.76. The van der Waals surface area contributed by atoms with E-state index in [1.54, 1.807) is 30.0 Å². The third-order valence-corrected chi connectivity index (χ3v) is 4.36. The number of carboxylic acid groups (broad SMARTS) is 1. The van der Waals surface area contributed by atoms with Gasteiger partial charge in [0, 0.05) is 10.0 Å². The van der Waals surface area contributed by atoms with Crippen LogP contribution < -0.4 is 5.32 Å². The van der Waals surface area contributed by atoms with E-state index in [0.29, 0.717) is 16.5 Å². The van der Waals surface area contributed by atoms with Crippen LogP contribution in [0.15, 0.2) is 18.2 Å². The lowest BCUT2D eigenvalue weighted by Crippen LogP contribution is -2.41. The summed E-state index contributed by atoms with van der Waals surface area (Å²) in [6.45, 7) is 0. The SMILES string of the molecule is O=C(O)C1CCSC(c2cc(Cl)ccc2Cl)N1. The maximum Gasteiger partial charge on any atom is 0.320 e. The van der Waals surface area contributed by atoms with Crippen molar-refractivity contribution in [2.45, 2.75) is 17.8 Å². The summed E-state index contributed by atoms with van der Waals surface area (Å²) >= 11 is 13.7. The molecule has 17 heavy (non-hydrogen) atoms. The fraction of sp³-hybridized carbons (Fsp3) is 0.364. The number of aliphatic carboxylic acids is 1. The van der Waals surface area contributed by atoms with Gasteiger partial charge in [-0.25, -0.2) is 0 Å². The number of carboxylic acids is 1. The van der Waals surface area contributed by atoms with Crippen LogP contribution in [0.2, 0.25) is 10.0 Å². The van der Waals surface area contributed by atoms with Crippen molar-refractivity contribution in [2.75, 3.05) is 5.75 Å². The Morgan fingerprint density at radius 2 is 2.24 bits per heavy atom. The third-order valence-electron chi connectivity index (χ3n) is 2.58. The first-order valence-electron chi connectivity index (χ1n) is 5.13. The normalized spacial score (nSPS) is 24.6. The molecule has 0 bridgehead atoms. The van der Waals surface area contributed by atoms with Gasteiger partial charge in [0.05, 0.1) is 5.37 Å². The summed E-state index contributed by atoms with van der Waals surface area (Å²) in [5, 5.41) is 13.1. The van der Waals surface area contributed by atoms with Crippen LogP contribution in [0.5, 0.6) is 0 Å². The van der Waals surface area contributed by atoms with Crippen LogP contribution in [0.3, 0.4) is 0 Å². The fourth-order valence-corrected chi connectivity index (χ4v) is 3.42. The second-order valence-corrected chi connectivity index (χ2v) is 5.82. The van der Waals surface area contributed by atoms with Crippen molar-refractivity contribution in [2.24, 2.45) is 0 Å². The minimum Gasteiger partial charge on any atom is -0.480 e. The number of rotatable bonds is 2. The summed E-state index contributed by atoms with van der Waals surface area (Å²) in [4.78, 5) is 11.0. The number of benzene rings is 1. The number of hydrogen-bond donors (Lipinski definition) is 2. The minimum atomic E-state index is -0.826. The lowest BCUT2D eigenvalue weighted by Gasteiger charge is -2.29. The molecule has 0 saturated carbocycles. The summed E-state index contributed by atoms with van der Waals surface area (Å²) in [5.41, 5.74) is 0.843. The van der Waals surface area contributed by atoms with Crippen LogP contribution in [-0.4, -0.2) is 22.9 Å². The number of thioether (sulfide) groups is 1. The third kappa shape index (κ3) is 3.07. The molecule has 1 aliphatic rings. The monoisotopic (exact) mass is 291 g/mol. The number of hydrogen-bond acceptors (Lipinski definition) is 3. The lowest BCUT2D eigenvalue weighted by molar-refractivity contribution is -0.139. The Kier molecular flexibility index (Phi) is 4.20. The highest BCUT2D eigenvalue weighted by atomic mass is 35.5. The molecule has 92 valence electrons. The Labute approximate surface area is 113 Å². The van der Waals surface area contributed by atoms with Crippen LogP contribution in [0, 0.1) is 0 Å². The molecule has 0 radical (unpaired) electrons. The largest absolute Gasteiger partial charge is 0.480 e. The highest BCUT2D eigenvalue weighted by Gasteiger charge is 2.28. The van der Waals surface area contributed by atoms with E-state index in [1.807, 2.05) is 0 Å². The Hall–Kier alpha value is -0.420. The standard InChI is InChI=1S/C11H11Cl2NO2S/c12-6-1-2-8(13)7(5-6)10-14-9(11(15)16)3-4-17-10/h1-2,5,9-10,14H,3-4H2,(H,15,16). The van der Waals surface area contributed by atoms with Crippen molar-refractivity contribution >= 4 is 40.9 Å². The number of carbonyl (C=O) groups is 1. The molecule has 0 amide bonds. The predicted octanol–water partition coefficient (Wildman–Crippen LogP) is 3.17. The average Bonchev–Trinajstić information content (AvgIpc) is 2.32. The first kappa shape index (κ1) is 13.0. The van der Waals surface area contributed by atoms with Crippen molar-refractivity contribution in [3.63, 3.8) is 0 Å². The first-order chi connectivity index (χ1) is 8.08. The molecule has 1 aliphatic heterocycles. The zero-order valence-corrected chi connectivity index (χ0v) is 11.1. The van der Waals surface area contributed by atoms with E-state index in [1.165, 1.54) is 0 Å². The van der Waals surface area contributed by atoms with E-state index >= 15 is 0 Å². The molecular formula is C11H11Cl2NO2S. The Morgan fingerprint density at radius 3 is 2.94 bits per heavy atom. The molecule has 6 heteroatoms. The van der Waals surface area contributed by atoms with Crippen LogP contribution in [0.4, 0.5) is 0 Å². The van der Waals surface area contributed by atoms with Gasteiger partial charge in [0.1, 0.15) is 6.04 Å². The molecule has 0 aliphatic carbocycles. The Balaban J connectivity index is 2.21. The van der Waals surface area contributed by atoms with Crippen molar-refractivity contribution in [3.05, 3.63) is 33.8 Å². The molecule has 2 N–H and O–H groups in total. The Bertz CT molecular complexity index is 441. The van der Waals surface area contributed by atoms with Crippen LogP contribution in [0.1, 0.15) is 17.4 Å². The molecular weight excluding hydrogens is 281 g/mol. The quantitative estimate of drug-likeness (QED) is 0.879. The number of nitrogens with one attached hydrogen (secondary N) is 1. The topological polar surface area (TPSA) is 49.3 Å². The van der Waals surface area contributed by atoms with Gasteiger partial charge in [0.25, 0.3) is 0 Å². The summed E-state index contributed by atoms with van der Waals surface area (Å²) in [6.07, 6.45) is 0.620. The molecule has 1 aromatic rings. The lowest BCUT2D eigenvalue weighted by atomic mass is 10.1. The van der Waals surface area contributed by atoms with E-state index in [-0.39, 0.29) is 5.37 Å². The van der Waals surface area contributed by atoms with E-state index < -0.39 is 12.0 Å². The molecule has 1 fully saturated rings. The van der Waals surface area contributed by atoms with Gasteiger partial charge in [-0.2, -0.15) is 0 Å². The van der Waals surface area contributed by atoms with Gasteiger partial charge in [0.15, 0.2) is 0 Å². The fourth-order valence-electron chi connectivity index (χ4n) is 1.71. The first-order valence-corrected chi connectivity index (χ1v) is 6.94. The summed E-state index contributed by atoms with van der Waals surface area (Å²) < 4.78 is 0. The van der Waals surface area contributed by atoms with E-state index in [2.05, 4.69) is 5.32 Å². The molecule has 0 aromatic heterocycles. The van der Waals surface area contributed by atoms with Gasteiger partial charge in [-0.05, 0) is 35.9 Å². The minimum absolute atomic E-state index is 0.115. The molecule has 2 unspecified atom stereocenters. The van der Waals surface area contributed by atoms with Gasteiger partial charge in [-0.3, -0.25) is 10.1 Å². The van der Waals surface area contributed by atoms with E-state index in [0.717, 1.165) is 11.3 Å². The van der Waals surface area contributed by atoms with E-state index in [9.17, 15) is 4.79 Å². The average molecular weight is 292 g/mol. The van der Waals surface area contributed by atoms with Gasteiger partial charge >= 0.3 is 5.97 Å². The molecule has 1 aromatic carbocycles. The van der Waals surface area contributed by atoms with Crippen LogP contribution in [-0.2, 0) is 4.79 Å². The summed E-state index contributed by atoms with van der Waals surface area (Å²) in [5.74, 6) is -0.0363. The van der Waals surface area contributed by atoms with Gasteiger partial charge in [0.2, 0.25) is 0 Å². The van der Waals surface area contributed by atoms with Crippen LogP contribution >= 0.6 is 35.0 Å². The molecule has 1 heterocycles. The zero-order valence-electron chi connectivity index (χ0n) is 8.82. The number of halogens is 2. The maximum atomic E-state index is 11.0. The van der Waals surface area contributed by atoms with Gasteiger partial charge < -0.3 is 5.11 Å². The molecule has 1 saturated heterocycles.